The van der Waals surface area contributed by atoms with Gasteiger partial charge in [0.05, 0.1) is 11.6 Å². The summed E-state index contributed by atoms with van der Waals surface area (Å²) in [4.78, 5) is 4.36. The first-order valence-corrected chi connectivity index (χ1v) is 7.11. The zero-order chi connectivity index (χ0) is 13.1. The van der Waals surface area contributed by atoms with E-state index in [1.54, 1.807) is 6.20 Å². The maximum Gasteiger partial charge on any atom is 0.0950 e. The minimum Gasteiger partial charge on any atom is -0.387 e. The van der Waals surface area contributed by atoms with Gasteiger partial charge in [-0.05, 0) is 37.1 Å². The largest absolute Gasteiger partial charge is 0.387 e. The molecule has 0 amide bonds. The highest BCUT2D eigenvalue weighted by atomic mass is 16.3. The average molecular weight is 256 g/mol. The molecule has 19 heavy (non-hydrogen) atoms. The van der Waals surface area contributed by atoms with E-state index in [0.717, 1.165) is 29.4 Å². The van der Waals surface area contributed by atoms with E-state index in [2.05, 4.69) is 10.3 Å². The van der Waals surface area contributed by atoms with Crippen molar-refractivity contribution < 1.29 is 5.11 Å². The number of rotatable bonds is 2. The van der Waals surface area contributed by atoms with E-state index in [1.165, 1.54) is 19.3 Å². The van der Waals surface area contributed by atoms with Crippen LogP contribution in [0.1, 0.15) is 37.4 Å². The molecule has 3 nitrogen and oxygen atoms in total. The van der Waals surface area contributed by atoms with E-state index in [9.17, 15) is 5.11 Å². The lowest BCUT2D eigenvalue weighted by Crippen LogP contribution is -2.34. The summed E-state index contributed by atoms with van der Waals surface area (Å²) in [7, 11) is 0. The molecule has 1 aromatic heterocycles. The summed E-state index contributed by atoms with van der Waals surface area (Å²) in [6, 6.07) is 10.1. The minimum atomic E-state index is -0.453. The van der Waals surface area contributed by atoms with E-state index in [4.69, 9.17) is 0 Å². The number of para-hydroxylation sites is 1. The topological polar surface area (TPSA) is 45.2 Å². The fourth-order valence-corrected chi connectivity index (χ4v) is 2.92. The molecule has 2 aromatic rings. The number of hydrogen-bond acceptors (Lipinski definition) is 3. The van der Waals surface area contributed by atoms with Gasteiger partial charge in [-0.15, -0.1) is 0 Å². The number of aliphatic hydroxyl groups is 1. The van der Waals surface area contributed by atoms with Crippen LogP contribution in [0.3, 0.4) is 0 Å². The molecular formula is C16H20N2O. The Kier molecular flexibility index (Phi) is 3.76. The first-order valence-electron chi connectivity index (χ1n) is 7.11. The van der Waals surface area contributed by atoms with Crippen LogP contribution in [0.5, 0.6) is 0 Å². The lowest BCUT2D eigenvalue weighted by Gasteiger charge is -2.23. The predicted molar refractivity (Wildman–Crippen MR) is 77.0 cm³/mol. The number of fused-ring (bicyclic) bond motifs is 1. The second-order valence-corrected chi connectivity index (χ2v) is 5.27. The second kappa shape index (κ2) is 5.68. The van der Waals surface area contributed by atoms with Crippen molar-refractivity contribution in [3.8, 4) is 0 Å². The van der Waals surface area contributed by atoms with Crippen LogP contribution >= 0.6 is 0 Å². The summed E-state index contributed by atoms with van der Waals surface area (Å²) in [5.41, 5.74) is 1.94. The number of nitrogens with zero attached hydrogens (tertiary/aromatic N) is 1. The molecule has 3 heteroatoms. The summed E-state index contributed by atoms with van der Waals surface area (Å²) in [6.45, 7) is 1.00. The highest BCUT2D eigenvalue weighted by Crippen LogP contribution is 2.27. The van der Waals surface area contributed by atoms with Crippen molar-refractivity contribution in [1.82, 2.24) is 10.3 Å². The monoisotopic (exact) mass is 256 g/mol. The first kappa shape index (κ1) is 12.6. The van der Waals surface area contributed by atoms with Gasteiger partial charge in [0.25, 0.3) is 0 Å². The zero-order valence-corrected chi connectivity index (χ0v) is 11.0. The van der Waals surface area contributed by atoms with Gasteiger partial charge in [-0.25, -0.2) is 0 Å². The van der Waals surface area contributed by atoms with Crippen molar-refractivity contribution in [3.63, 3.8) is 0 Å². The molecule has 1 aromatic carbocycles. The molecule has 0 spiro atoms. The van der Waals surface area contributed by atoms with Crippen molar-refractivity contribution >= 4 is 10.9 Å². The van der Waals surface area contributed by atoms with Gasteiger partial charge in [0.1, 0.15) is 0 Å². The number of aliphatic hydroxyl groups excluding tert-OH is 1. The standard InChI is InChI=1S/C16H20N2O/c19-16(15-8-2-1-5-10-17-15)13-9-11-18-14-7-4-3-6-12(13)14/h3-4,6-7,9,11,15-17,19H,1-2,5,8,10H2. The van der Waals surface area contributed by atoms with Gasteiger partial charge in [-0.1, -0.05) is 31.0 Å². The molecule has 3 rings (SSSR count). The maximum atomic E-state index is 10.7. The van der Waals surface area contributed by atoms with E-state index < -0.39 is 6.10 Å². The van der Waals surface area contributed by atoms with Crippen LogP contribution in [-0.4, -0.2) is 22.7 Å². The van der Waals surface area contributed by atoms with Gasteiger partial charge in [0, 0.05) is 17.6 Å². The summed E-state index contributed by atoms with van der Waals surface area (Å²) in [5, 5.41) is 15.2. The third-order valence-electron chi connectivity index (χ3n) is 3.98. The Labute approximate surface area is 113 Å². The van der Waals surface area contributed by atoms with Gasteiger partial charge >= 0.3 is 0 Å². The van der Waals surface area contributed by atoms with Gasteiger partial charge in [-0.3, -0.25) is 4.98 Å². The van der Waals surface area contributed by atoms with Crippen molar-refractivity contribution in [1.29, 1.82) is 0 Å². The fraction of sp³-hybridized carbons (Fsp3) is 0.438. The number of benzene rings is 1. The highest BCUT2D eigenvalue weighted by Gasteiger charge is 2.23. The normalized spacial score (nSPS) is 22.1. The van der Waals surface area contributed by atoms with E-state index >= 15 is 0 Å². The van der Waals surface area contributed by atoms with Crippen molar-refractivity contribution in [2.24, 2.45) is 0 Å². The number of nitrogens with one attached hydrogen (secondary N) is 1. The van der Waals surface area contributed by atoms with Gasteiger partial charge in [0.2, 0.25) is 0 Å². The second-order valence-electron chi connectivity index (χ2n) is 5.27. The molecule has 2 atom stereocenters. The fourth-order valence-electron chi connectivity index (χ4n) is 2.92. The summed E-state index contributed by atoms with van der Waals surface area (Å²) < 4.78 is 0. The van der Waals surface area contributed by atoms with Crippen LogP contribution in [0.4, 0.5) is 0 Å². The quantitative estimate of drug-likeness (QED) is 0.868. The molecule has 2 unspecified atom stereocenters. The van der Waals surface area contributed by atoms with Gasteiger partial charge < -0.3 is 10.4 Å². The molecule has 0 bridgehead atoms. The lowest BCUT2D eigenvalue weighted by atomic mass is 9.96. The van der Waals surface area contributed by atoms with E-state index in [0.29, 0.717) is 0 Å². The Morgan fingerprint density at radius 2 is 2.05 bits per heavy atom. The molecule has 2 N–H and O–H groups in total. The molecule has 2 heterocycles. The molecule has 0 aliphatic carbocycles. The molecule has 1 fully saturated rings. The summed E-state index contributed by atoms with van der Waals surface area (Å²) >= 11 is 0. The lowest BCUT2D eigenvalue weighted by molar-refractivity contribution is 0.127. The van der Waals surface area contributed by atoms with Crippen LogP contribution in [0, 0.1) is 0 Å². The Bertz CT molecular complexity index is 542. The highest BCUT2D eigenvalue weighted by molar-refractivity contribution is 5.82. The van der Waals surface area contributed by atoms with Crippen LogP contribution in [0.15, 0.2) is 36.5 Å². The van der Waals surface area contributed by atoms with Crippen LogP contribution in [-0.2, 0) is 0 Å². The molecule has 1 aliphatic rings. The molecule has 1 saturated heterocycles. The van der Waals surface area contributed by atoms with E-state index in [1.807, 2.05) is 30.3 Å². The van der Waals surface area contributed by atoms with E-state index in [-0.39, 0.29) is 6.04 Å². The molecule has 0 radical (unpaired) electrons. The average Bonchev–Trinajstić information content (AvgIpc) is 2.75. The van der Waals surface area contributed by atoms with Crippen LogP contribution in [0.25, 0.3) is 10.9 Å². The third-order valence-corrected chi connectivity index (χ3v) is 3.98. The predicted octanol–water partition coefficient (Wildman–Crippen LogP) is 2.80. The SMILES string of the molecule is OC(c1ccnc2ccccc12)C1CCCCCN1. The Morgan fingerprint density at radius 1 is 1.16 bits per heavy atom. The molecule has 0 saturated carbocycles. The number of pyridine rings is 1. The Hall–Kier alpha value is -1.45. The molecular weight excluding hydrogens is 236 g/mol. The molecule has 100 valence electrons. The van der Waals surface area contributed by atoms with Crippen LogP contribution < -0.4 is 5.32 Å². The zero-order valence-electron chi connectivity index (χ0n) is 11.0. The smallest absolute Gasteiger partial charge is 0.0950 e. The Balaban J connectivity index is 1.94. The van der Waals surface area contributed by atoms with Gasteiger partial charge in [-0.2, -0.15) is 0 Å². The number of aromatic nitrogens is 1. The number of hydrogen-bond donors (Lipinski definition) is 2. The maximum absolute atomic E-state index is 10.7. The Morgan fingerprint density at radius 3 is 3.00 bits per heavy atom. The van der Waals surface area contributed by atoms with Crippen molar-refractivity contribution in [3.05, 3.63) is 42.1 Å². The van der Waals surface area contributed by atoms with Crippen molar-refractivity contribution in [2.45, 2.75) is 37.8 Å². The van der Waals surface area contributed by atoms with Crippen molar-refractivity contribution in [2.75, 3.05) is 6.54 Å². The first-order chi connectivity index (χ1) is 9.36. The minimum absolute atomic E-state index is 0.160. The summed E-state index contributed by atoms with van der Waals surface area (Å²) in [6.07, 6.45) is 6.03. The third kappa shape index (κ3) is 2.62. The summed E-state index contributed by atoms with van der Waals surface area (Å²) in [5.74, 6) is 0. The van der Waals surface area contributed by atoms with Crippen LogP contribution in [0.2, 0.25) is 0 Å². The van der Waals surface area contributed by atoms with Gasteiger partial charge in [0.15, 0.2) is 0 Å². The molecule has 1 aliphatic heterocycles.